The van der Waals surface area contributed by atoms with Crippen LogP contribution in [-0.2, 0) is 13.6 Å². The van der Waals surface area contributed by atoms with E-state index in [9.17, 15) is 13.6 Å². The smallest absolute Gasteiger partial charge is 0.272 e. The highest BCUT2D eigenvalue weighted by atomic mass is 19.2. The molecule has 0 atom stereocenters. The molecule has 5 rings (SSSR count). The number of carbonyl (C=O) groups excluding carboxylic acids is 1. The minimum atomic E-state index is -0.992. The van der Waals surface area contributed by atoms with Crippen LogP contribution in [0.25, 0.3) is 22.2 Å². The van der Waals surface area contributed by atoms with E-state index in [4.69, 9.17) is 0 Å². The SMILES string of the molecule is Cn1cc(-c2cc(F)c(F)c(CNC(=O)c3nccc4nc(C5CCCC5)[nH]c34)c2)cn1. The first kappa shape index (κ1) is 20.3. The minimum Gasteiger partial charge on any atom is -0.346 e. The van der Waals surface area contributed by atoms with Gasteiger partial charge in [0.1, 0.15) is 5.82 Å². The molecule has 164 valence electrons. The van der Waals surface area contributed by atoms with E-state index in [1.807, 2.05) is 0 Å². The average molecular weight is 436 g/mol. The van der Waals surface area contributed by atoms with E-state index >= 15 is 0 Å². The topological polar surface area (TPSA) is 88.5 Å². The van der Waals surface area contributed by atoms with Crippen molar-refractivity contribution in [1.29, 1.82) is 0 Å². The number of pyridine rings is 1. The number of hydrogen-bond acceptors (Lipinski definition) is 4. The molecule has 3 heterocycles. The maximum absolute atomic E-state index is 14.4. The molecule has 1 aliphatic carbocycles. The Balaban J connectivity index is 1.39. The van der Waals surface area contributed by atoms with Gasteiger partial charge in [-0.05, 0) is 36.6 Å². The highest BCUT2D eigenvalue weighted by Gasteiger charge is 2.23. The number of aromatic amines is 1. The molecule has 0 radical (unpaired) electrons. The summed E-state index contributed by atoms with van der Waals surface area (Å²) in [7, 11) is 1.74. The first-order valence-corrected chi connectivity index (χ1v) is 10.6. The molecule has 0 saturated heterocycles. The van der Waals surface area contributed by atoms with Crippen molar-refractivity contribution in [3.63, 3.8) is 0 Å². The molecule has 2 N–H and O–H groups in total. The third-order valence-corrected chi connectivity index (χ3v) is 5.96. The summed E-state index contributed by atoms with van der Waals surface area (Å²) < 4.78 is 30.2. The molecular weight excluding hydrogens is 414 g/mol. The molecule has 4 aromatic rings. The molecule has 1 saturated carbocycles. The summed E-state index contributed by atoms with van der Waals surface area (Å²) in [5.41, 5.74) is 2.59. The van der Waals surface area contributed by atoms with Crippen molar-refractivity contribution in [1.82, 2.24) is 30.0 Å². The zero-order chi connectivity index (χ0) is 22.2. The lowest BCUT2D eigenvalue weighted by Gasteiger charge is -2.09. The van der Waals surface area contributed by atoms with Crippen LogP contribution in [0.2, 0.25) is 0 Å². The van der Waals surface area contributed by atoms with E-state index in [1.165, 1.54) is 25.1 Å². The van der Waals surface area contributed by atoms with Crippen LogP contribution in [0, 0.1) is 11.6 Å². The summed E-state index contributed by atoms with van der Waals surface area (Å²) in [6, 6.07) is 4.39. The maximum Gasteiger partial charge on any atom is 0.272 e. The molecule has 1 aliphatic rings. The molecule has 0 spiro atoms. The first-order chi connectivity index (χ1) is 15.5. The Kier molecular flexibility index (Phi) is 5.16. The van der Waals surface area contributed by atoms with Crippen LogP contribution in [0.15, 0.2) is 36.8 Å². The van der Waals surface area contributed by atoms with Crippen molar-refractivity contribution in [2.75, 3.05) is 0 Å². The van der Waals surface area contributed by atoms with Crippen LogP contribution < -0.4 is 5.32 Å². The largest absolute Gasteiger partial charge is 0.346 e. The van der Waals surface area contributed by atoms with Gasteiger partial charge in [0.2, 0.25) is 0 Å². The number of hydrogen-bond donors (Lipinski definition) is 2. The number of nitrogens with zero attached hydrogens (tertiary/aromatic N) is 4. The molecule has 1 amide bonds. The number of amides is 1. The van der Waals surface area contributed by atoms with Gasteiger partial charge in [0.05, 0.1) is 17.2 Å². The van der Waals surface area contributed by atoms with Crippen LogP contribution in [0.3, 0.4) is 0 Å². The second-order valence-corrected chi connectivity index (χ2v) is 8.17. The number of benzene rings is 1. The van der Waals surface area contributed by atoms with Crippen molar-refractivity contribution < 1.29 is 13.6 Å². The molecule has 1 fully saturated rings. The van der Waals surface area contributed by atoms with Crippen molar-refractivity contribution in [2.24, 2.45) is 7.05 Å². The second-order valence-electron chi connectivity index (χ2n) is 8.17. The first-order valence-electron chi connectivity index (χ1n) is 10.6. The molecule has 1 aromatic carbocycles. The van der Waals surface area contributed by atoms with E-state index in [-0.39, 0.29) is 17.8 Å². The van der Waals surface area contributed by atoms with Crippen LogP contribution in [-0.4, -0.2) is 30.6 Å². The van der Waals surface area contributed by atoms with Gasteiger partial charge in [0.15, 0.2) is 17.3 Å². The standard InChI is InChI=1S/C23H22F2N6O/c1-31-12-16(11-28-31)14-8-15(19(25)17(24)9-14)10-27-23(32)21-20-18(6-7-26-21)29-22(30-20)13-4-2-3-5-13/h6-9,11-13H,2-5,10H2,1H3,(H,27,32)(H,29,30). The van der Waals surface area contributed by atoms with Gasteiger partial charge in [-0.1, -0.05) is 12.8 Å². The van der Waals surface area contributed by atoms with Gasteiger partial charge in [-0.3, -0.25) is 9.48 Å². The molecule has 3 aromatic heterocycles. The predicted octanol–water partition coefficient (Wildman–Crippen LogP) is 4.22. The number of imidazole rings is 1. The number of aryl methyl sites for hydroxylation is 1. The van der Waals surface area contributed by atoms with Gasteiger partial charge in [-0.25, -0.2) is 18.7 Å². The Morgan fingerprint density at radius 2 is 2.06 bits per heavy atom. The van der Waals surface area contributed by atoms with Crippen LogP contribution in [0.4, 0.5) is 8.78 Å². The average Bonchev–Trinajstić information content (AvgIpc) is 3.54. The third kappa shape index (κ3) is 3.74. The lowest BCUT2D eigenvalue weighted by atomic mass is 10.0. The molecule has 0 bridgehead atoms. The van der Waals surface area contributed by atoms with Crippen molar-refractivity contribution in [3.05, 3.63) is 65.5 Å². The number of carbonyl (C=O) groups is 1. The molecule has 9 heteroatoms. The van der Waals surface area contributed by atoms with Crippen LogP contribution >= 0.6 is 0 Å². The summed E-state index contributed by atoms with van der Waals surface area (Å²) in [6.07, 6.45) is 9.31. The van der Waals surface area contributed by atoms with Crippen molar-refractivity contribution in [3.8, 4) is 11.1 Å². The highest BCUT2D eigenvalue weighted by Crippen LogP contribution is 2.33. The zero-order valence-corrected chi connectivity index (χ0v) is 17.5. The molecular formula is C23H22F2N6O. The van der Waals surface area contributed by atoms with Crippen molar-refractivity contribution in [2.45, 2.75) is 38.1 Å². The zero-order valence-electron chi connectivity index (χ0n) is 17.5. The fourth-order valence-corrected chi connectivity index (χ4v) is 4.29. The maximum atomic E-state index is 14.4. The monoisotopic (exact) mass is 436 g/mol. The summed E-state index contributed by atoms with van der Waals surface area (Å²) in [4.78, 5) is 25.0. The quantitative estimate of drug-likeness (QED) is 0.490. The van der Waals surface area contributed by atoms with Gasteiger partial charge < -0.3 is 10.3 Å². The van der Waals surface area contributed by atoms with Gasteiger partial charge >= 0.3 is 0 Å². The number of H-pyrrole nitrogens is 1. The Morgan fingerprint density at radius 1 is 1.25 bits per heavy atom. The number of rotatable bonds is 5. The Labute approximate surface area is 182 Å². The van der Waals surface area contributed by atoms with E-state index in [0.717, 1.165) is 24.7 Å². The van der Waals surface area contributed by atoms with E-state index in [1.54, 1.807) is 30.2 Å². The minimum absolute atomic E-state index is 0.0423. The summed E-state index contributed by atoms with van der Waals surface area (Å²) in [5, 5.41) is 6.72. The van der Waals surface area contributed by atoms with E-state index < -0.39 is 17.5 Å². The third-order valence-electron chi connectivity index (χ3n) is 5.96. The number of fused-ring (bicyclic) bond motifs is 1. The summed E-state index contributed by atoms with van der Waals surface area (Å²) >= 11 is 0. The van der Waals surface area contributed by atoms with Crippen LogP contribution in [0.5, 0.6) is 0 Å². The predicted molar refractivity (Wildman–Crippen MR) is 115 cm³/mol. The van der Waals surface area contributed by atoms with Gasteiger partial charge in [0, 0.05) is 43.0 Å². The summed E-state index contributed by atoms with van der Waals surface area (Å²) in [6.45, 7) is -0.183. The molecule has 7 nitrogen and oxygen atoms in total. The Hall–Kier alpha value is -3.62. The Bertz CT molecular complexity index is 1310. The Morgan fingerprint density at radius 3 is 2.81 bits per heavy atom. The lowest BCUT2D eigenvalue weighted by Crippen LogP contribution is -2.25. The fraction of sp³-hybridized carbons (Fsp3) is 0.304. The van der Waals surface area contributed by atoms with Gasteiger partial charge in [-0.15, -0.1) is 0 Å². The lowest BCUT2D eigenvalue weighted by molar-refractivity contribution is 0.0947. The second kappa shape index (κ2) is 8.14. The van der Waals surface area contributed by atoms with Crippen LogP contribution in [0.1, 0.15) is 53.5 Å². The number of aromatic nitrogens is 5. The summed E-state index contributed by atoms with van der Waals surface area (Å²) in [5.74, 6) is -1.22. The molecule has 0 aliphatic heterocycles. The molecule has 0 unspecified atom stereocenters. The van der Waals surface area contributed by atoms with Gasteiger partial charge in [-0.2, -0.15) is 5.10 Å². The fourth-order valence-electron chi connectivity index (χ4n) is 4.29. The normalized spacial score (nSPS) is 14.3. The molecule has 32 heavy (non-hydrogen) atoms. The number of halogens is 2. The highest BCUT2D eigenvalue weighted by molar-refractivity contribution is 6.02. The van der Waals surface area contributed by atoms with Gasteiger partial charge in [0.25, 0.3) is 5.91 Å². The number of nitrogens with one attached hydrogen (secondary N) is 2. The van der Waals surface area contributed by atoms with E-state index in [2.05, 4.69) is 25.4 Å². The van der Waals surface area contributed by atoms with Crippen molar-refractivity contribution >= 4 is 16.9 Å². The van der Waals surface area contributed by atoms with E-state index in [0.29, 0.717) is 28.1 Å².